The highest BCUT2D eigenvalue weighted by atomic mass is 16.3. The lowest BCUT2D eigenvalue weighted by Crippen LogP contribution is -2.46. The fourth-order valence-corrected chi connectivity index (χ4v) is 2.89. The Hall–Kier alpha value is -1.39. The van der Waals surface area contributed by atoms with E-state index < -0.39 is 0 Å². The molecule has 1 saturated heterocycles. The highest BCUT2D eigenvalue weighted by Gasteiger charge is 2.25. The third-order valence-corrected chi connectivity index (χ3v) is 4.08. The summed E-state index contributed by atoms with van der Waals surface area (Å²) in [7, 11) is 0. The summed E-state index contributed by atoms with van der Waals surface area (Å²) in [6.07, 6.45) is 3.99. The van der Waals surface area contributed by atoms with Gasteiger partial charge >= 0.3 is 0 Å². The van der Waals surface area contributed by atoms with Gasteiger partial charge in [0.2, 0.25) is 5.91 Å². The number of nitrogens with two attached hydrogens (primary N) is 1. The van der Waals surface area contributed by atoms with Crippen LogP contribution in [-0.4, -0.2) is 29.7 Å². The summed E-state index contributed by atoms with van der Waals surface area (Å²) in [5, 5.41) is 13.2. The largest absolute Gasteiger partial charge is 0.393 e. The van der Waals surface area contributed by atoms with E-state index in [9.17, 15) is 9.90 Å². The number of carbonyl (C=O) groups is 1. The molecule has 0 bridgehead atoms. The van der Waals surface area contributed by atoms with E-state index in [4.69, 9.17) is 5.73 Å². The van der Waals surface area contributed by atoms with Crippen molar-refractivity contribution in [3.63, 3.8) is 0 Å². The smallest absolute Gasteiger partial charge is 0.234 e. The quantitative estimate of drug-likeness (QED) is 0.731. The van der Waals surface area contributed by atoms with Crippen LogP contribution in [0.15, 0.2) is 30.3 Å². The molecule has 0 saturated carbocycles. The maximum Gasteiger partial charge on any atom is 0.234 e. The van der Waals surface area contributed by atoms with Crippen molar-refractivity contribution in [1.29, 1.82) is 0 Å². The minimum Gasteiger partial charge on any atom is -0.393 e. The number of hydrogen-bond acceptors (Lipinski definition) is 3. The Kier molecular flexibility index (Phi) is 5.56. The number of nitrogens with one attached hydrogen (secondary N) is 1. The first-order valence-corrected chi connectivity index (χ1v) is 7.40. The number of amides is 1. The van der Waals surface area contributed by atoms with Gasteiger partial charge < -0.3 is 16.2 Å². The first-order valence-electron chi connectivity index (χ1n) is 7.40. The lowest BCUT2D eigenvalue weighted by atomic mass is 9.87. The molecule has 0 aromatic heterocycles. The first-order chi connectivity index (χ1) is 9.65. The Labute approximate surface area is 120 Å². The third-order valence-electron chi connectivity index (χ3n) is 4.08. The lowest BCUT2D eigenvalue weighted by Gasteiger charge is -2.29. The van der Waals surface area contributed by atoms with E-state index in [1.807, 2.05) is 30.3 Å². The summed E-state index contributed by atoms with van der Waals surface area (Å²) in [6.45, 7) is 0.840. The number of aliphatic hydroxyl groups is 1. The number of aliphatic hydroxyl groups excluding tert-OH is 1. The molecule has 1 amide bonds. The van der Waals surface area contributed by atoms with Gasteiger partial charge in [-0.1, -0.05) is 30.3 Å². The normalized spacial score (nSPS) is 24.2. The van der Waals surface area contributed by atoms with Crippen LogP contribution in [0.4, 0.5) is 0 Å². The van der Waals surface area contributed by atoms with Gasteiger partial charge in [-0.15, -0.1) is 0 Å². The van der Waals surface area contributed by atoms with Crippen LogP contribution in [0.2, 0.25) is 0 Å². The molecule has 4 nitrogen and oxygen atoms in total. The Bertz CT molecular complexity index is 422. The number of rotatable bonds is 6. The topological polar surface area (TPSA) is 75.4 Å². The minimum absolute atomic E-state index is 0.194. The van der Waals surface area contributed by atoms with Crippen molar-refractivity contribution >= 4 is 5.91 Å². The maximum absolute atomic E-state index is 11.2. The van der Waals surface area contributed by atoms with Crippen LogP contribution in [0.25, 0.3) is 0 Å². The van der Waals surface area contributed by atoms with E-state index in [-0.39, 0.29) is 18.1 Å². The molecule has 0 spiro atoms. The Balaban J connectivity index is 1.73. The summed E-state index contributed by atoms with van der Waals surface area (Å²) in [4.78, 5) is 11.2. The Morgan fingerprint density at radius 3 is 2.85 bits per heavy atom. The zero-order valence-electron chi connectivity index (χ0n) is 11.8. The van der Waals surface area contributed by atoms with Crippen LogP contribution < -0.4 is 11.1 Å². The molecular formula is C16H24N2O2. The second kappa shape index (κ2) is 7.41. The van der Waals surface area contributed by atoms with Gasteiger partial charge in [-0.3, -0.25) is 4.79 Å². The van der Waals surface area contributed by atoms with Gasteiger partial charge in [0, 0.05) is 0 Å². The van der Waals surface area contributed by atoms with E-state index in [1.54, 1.807) is 0 Å². The predicted molar refractivity (Wildman–Crippen MR) is 79.1 cm³/mol. The van der Waals surface area contributed by atoms with Crippen LogP contribution >= 0.6 is 0 Å². The maximum atomic E-state index is 11.2. The Morgan fingerprint density at radius 1 is 1.40 bits per heavy atom. The number of primary amides is 1. The lowest BCUT2D eigenvalue weighted by molar-refractivity contribution is -0.120. The van der Waals surface area contributed by atoms with E-state index in [2.05, 4.69) is 5.32 Å². The zero-order valence-corrected chi connectivity index (χ0v) is 11.8. The van der Waals surface area contributed by atoms with Crippen LogP contribution in [0, 0.1) is 5.92 Å². The highest BCUT2D eigenvalue weighted by molar-refractivity contribution is 5.79. The average molecular weight is 276 g/mol. The summed E-state index contributed by atoms with van der Waals surface area (Å²) < 4.78 is 0. The molecule has 1 aromatic carbocycles. The van der Waals surface area contributed by atoms with Crippen LogP contribution in [0.1, 0.15) is 31.2 Å². The van der Waals surface area contributed by atoms with Crippen LogP contribution in [0.5, 0.6) is 0 Å². The van der Waals surface area contributed by atoms with E-state index in [1.165, 1.54) is 5.56 Å². The molecule has 3 atom stereocenters. The molecule has 0 radical (unpaired) electrons. The molecule has 1 heterocycles. The number of benzene rings is 1. The summed E-state index contributed by atoms with van der Waals surface area (Å²) >= 11 is 0. The standard InChI is InChI=1S/C16H24N2O2/c17-16(20)15-11-13(8-9-18-15)6-7-14(19)10-12-4-2-1-3-5-12/h1-5,13-15,18-19H,6-11H2,(H2,17,20). The molecule has 1 aliphatic rings. The molecular weight excluding hydrogens is 252 g/mol. The fraction of sp³-hybridized carbons (Fsp3) is 0.562. The molecule has 4 heteroatoms. The third kappa shape index (κ3) is 4.62. The molecule has 1 aromatic rings. The van der Waals surface area contributed by atoms with Gasteiger partial charge in [0.1, 0.15) is 0 Å². The molecule has 110 valence electrons. The van der Waals surface area contributed by atoms with E-state index in [0.29, 0.717) is 12.3 Å². The number of hydrogen-bond donors (Lipinski definition) is 3. The van der Waals surface area contributed by atoms with Crippen molar-refractivity contribution in [2.45, 2.75) is 44.2 Å². The van der Waals surface area contributed by atoms with Gasteiger partial charge in [0.15, 0.2) is 0 Å². The molecule has 1 fully saturated rings. The van der Waals surface area contributed by atoms with Crippen molar-refractivity contribution in [3.8, 4) is 0 Å². The van der Waals surface area contributed by atoms with E-state index >= 15 is 0 Å². The predicted octanol–water partition coefficient (Wildman–Crippen LogP) is 1.22. The zero-order chi connectivity index (χ0) is 14.4. The number of piperidine rings is 1. The van der Waals surface area contributed by atoms with Crippen LogP contribution in [0.3, 0.4) is 0 Å². The van der Waals surface area contributed by atoms with Crippen LogP contribution in [-0.2, 0) is 11.2 Å². The molecule has 4 N–H and O–H groups in total. The van der Waals surface area contributed by atoms with Gasteiger partial charge in [-0.2, -0.15) is 0 Å². The highest BCUT2D eigenvalue weighted by Crippen LogP contribution is 2.22. The SMILES string of the molecule is NC(=O)C1CC(CCC(O)Cc2ccccc2)CCN1. The monoisotopic (exact) mass is 276 g/mol. The van der Waals surface area contributed by atoms with Gasteiger partial charge in [-0.25, -0.2) is 0 Å². The second-order valence-corrected chi connectivity index (χ2v) is 5.72. The molecule has 1 aliphatic heterocycles. The van der Waals surface area contributed by atoms with Gasteiger partial charge in [-0.05, 0) is 50.1 Å². The molecule has 2 rings (SSSR count). The second-order valence-electron chi connectivity index (χ2n) is 5.72. The molecule has 3 unspecified atom stereocenters. The van der Waals surface area contributed by atoms with Crippen molar-refractivity contribution in [1.82, 2.24) is 5.32 Å². The van der Waals surface area contributed by atoms with Crippen molar-refractivity contribution < 1.29 is 9.90 Å². The Morgan fingerprint density at radius 2 is 2.15 bits per heavy atom. The fourth-order valence-electron chi connectivity index (χ4n) is 2.89. The van der Waals surface area contributed by atoms with Crippen molar-refractivity contribution in [2.24, 2.45) is 11.7 Å². The van der Waals surface area contributed by atoms with Crippen molar-refractivity contribution in [2.75, 3.05) is 6.54 Å². The van der Waals surface area contributed by atoms with Crippen molar-refractivity contribution in [3.05, 3.63) is 35.9 Å². The molecule has 0 aliphatic carbocycles. The molecule has 20 heavy (non-hydrogen) atoms. The van der Waals surface area contributed by atoms with Gasteiger partial charge in [0.05, 0.1) is 12.1 Å². The number of carbonyl (C=O) groups excluding carboxylic acids is 1. The minimum atomic E-state index is -0.306. The van der Waals surface area contributed by atoms with Gasteiger partial charge in [0.25, 0.3) is 0 Å². The average Bonchev–Trinajstić information content (AvgIpc) is 2.46. The van der Waals surface area contributed by atoms with E-state index in [0.717, 1.165) is 32.2 Å². The first kappa shape index (κ1) is 15.0. The summed E-state index contributed by atoms with van der Waals surface area (Å²) in [6, 6.07) is 9.85. The summed E-state index contributed by atoms with van der Waals surface area (Å²) in [5.41, 5.74) is 6.50. The summed E-state index contributed by atoms with van der Waals surface area (Å²) in [5.74, 6) is 0.221.